The summed E-state index contributed by atoms with van der Waals surface area (Å²) in [5, 5.41) is 16.8. The summed E-state index contributed by atoms with van der Waals surface area (Å²) in [5.74, 6) is 2.04. The van der Waals surface area contributed by atoms with E-state index in [4.69, 9.17) is 16.9 Å². The fourth-order valence-electron chi connectivity index (χ4n) is 3.98. The molecule has 33 heavy (non-hydrogen) atoms. The molecule has 1 aliphatic heterocycles. The highest BCUT2D eigenvalue weighted by molar-refractivity contribution is 6.32. The smallest absolute Gasteiger partial charge is 0.229 e. The van der Waals surface area contributed by atoms with Crippen LogP contribution in [0.5, 0.6) is 0 Å². The van der Waals surface area contributed by atoms with Crippen LogP contribution < -0.4 is 15.1 Å². The van der Waals surface area contributed by atoms with Crippen molar-refractivity contribution in [1.29, 1.82) is 5.26 Å². The zero-order valence-electron chi connectivity index (χ0n) is 17.9. The van der Waals surface area contributed by atoms with E-state index in [2.05, 4.69) is 46.2 Å². The molecular formula is C22H21ClN10. The van der Waals surface area contributed by atoms with Crippen LogP contribution in [0.4, 0.5) is 23.3 Å². The van der Waals surface area contributed by atoms with Crippen LogP contribution in [-0.4, -0.2) is 55.7 Å². The third kappa shape index (κ3) is 4.36. The SMILES string of the molecule is CN(c1nc(Nc2ccc3ncnn3c2)ncc1Cl)C1CCN(c2ccc(C#N)cn2)CC1. The molecule has 0 bridgehead atoms. The second-order valence-corrected chi connectivity index (χ2v) is 8.22. The molecule has 0 radical (unpaired) electrons. The van der Waals surface area contributed by atoms with E-state index in [1.807, 2.05) is 31.4 Å². The number of nitrogens with one attached hydrogen (secondary N) is 1. The minimum absolute atomic E-state index is 0.284. The number of hydrogen-bond donors (Lipinski definition) is 1. The lowest BCUT2D eigenvalue weighted by atomic mass is 10.0. The van der Waals surface area contributed by atoms with Crippen LogP contribution in [0.2, 0.25) is 5.02 Å². The Hall–Kier alpha value is -3.97. The van der Waals surface area contributed by atoms with Crippen LogP contribution in [0.1, 0.15) is 18.4 Å². The zero-order valence-corrected chi connectivity index (χ0v) is 18.7. The number of pyridine rings is 2. The number of nitriles is 1. The van der Waals surface area contributed by atoms with Crippen LogP contribution in [0, 0.1) is 11.3 Å². The normalized spacial score (nSPS) is 14.3. The predicted molar refractivity (Wildman–Crippen MR) is 126 cm³/mol. The van der Waals surface area contributed by atoms with Crippen molar-refractivity contribution in [2.75, 3.05) is 35.3 Å². The average Bonchev–Trinajstić information content (AvgIpc) is 3.33. The highest BCUT2D eigenvalue weighted by Gasteiger charge is 2.25. The molecule has 0 aromatic carbocycles. The molecule has 5 heterocycles. The van der Waals surface area contributed by atoms with Crippen LogP contribution in [-0.2, 0) is 0 Å². The largest absolute Gasteiger partial charge is 0.356 e. The first-order valence-electron chi connectivity index (χ1n) is 10.5. The van der Waals surface area contributed by atoms with Crippen molar-refractivity contribution in [2.45, 2.75) is 18.9 Å². The van der Waals surface area contributed by atoms with Crippen LogP contribution >= 0.6 is 11.6 Å². The van der Waals surface area contributed by atoms with Crippen LogP contribution in [0.3, 0.4) is 0 Å². The van der Waals surface area contributed by atoms with Gasteiger partial charge in [-0.1, -0.05) is 11.6 Å². The molecule has 1 fully saturated rings. The monoisotopic (exact) mass is 460 g/mol. The molecular weight excluding hydrogens is 440 g/mol. The van der Waals surface area contributed by atoms with Gasteiger partial charge in [0.25, 0.3) is 0 Å². The third-order valence-electron chi connectivity index (χ3n) is 5.80. The van der Waals surface area contributed by atoms with Gasteiger partial charge in [-0.15, -0.1) is 0 Å². The number of halogens is 1. The van der Waals surface area contributed by atoms with Gasteiger partial charge in [-0.25, -0.2) is 19.5 Å². The van der Waals surface area contributed by atoms with Crippen molar-refractivity contribution in [3.8, 4) is 6.07 Å². The van der Waals surface area contributed by atoms with E-state index in [0.29, 0.717) is 22.4 Å². The third-order valence-corrected chi connectivity index (χ3v) is 6.07. The van der Waals surface area contributed by atoms with Gasteiger partial charge in [0.15, 0.2) is 11.5 Å². The number of aromatic nitrogens is 6. The van der Waals surface area contributed by atoms with Gasteiger partial charge in [0.05, 0.1) is 23.6 Å². The van der Waals surface area contributed by atoms with E-state index in [1.54, 1.807) is 23.0 Å². The van der Waals surface area contributed by atoms with E-state index in [-0.39, 0.29) is 6.04 Å². The minimum atomic E-state index is 0.284. The van der Waals surface area contributed by atoms with Gasteiger partial charge in [-0.3, -0.25) is 0 Å². The molecule has 0 aliphatic carbocycles. The summed E-state index contributed by atoms with van der Waals surface area (Å²) < 4.78 is 1.68. The first kappa shape index (κ1) is 20.9. The fourth-order valence-corrected chi connectivity index (χ4v) is 4.20. The van der Waals surface area contributed by atoms with Gasteiger partial charge in [0.2, 0.25) is 5.95 Å². The molecule has 5 rings (SSSR count). The van der Waals surface area contributed by atoms with E-state index in [1.165, 1.54) is 6.33 Å². The van der Waals surface area contributed by atoms with E-state index < -0.39 is 0 Å². The Morgan fingerprint density at radius 2 is 1.97 bits per heavy atom. The molecule has 4 aromatic heterocycles. The molecule has 1 aliphatic rings. The maximum Gasteiger partial charge on any atom is 0.229 e. The van der Waals surface area contributed by atoms with Gasteiger partial charge in [-0.2, -0.15) is 15.3 Å². The molecule has 11 heteroatoms. The second kappa shape index (κ2) is 8.88. The maximum absolute atomic E-state index is 8.96. The predicted octanol–water partition coefficient (Wildman–Crippen LogP) is 3.29. The van der Waals surface area contributed by atoms with Crippen molar-refractivity contribution in [3.63, 3.8) is 0 Å². The Kier molecular flexibility index (Phi) is 5.62. The lowest BCUT2D eigenvalue weighted by Gasteiger charge is -2.38. The van der Waals surface area contributed by atoms with Gasteiger partial charge in [-0.05, 0) is 37.1 Å². The summed E-state index contributed by atoms with van der Waals surface area (Å²) in [7, 11) is 2.01. The van der Waals surface area contributed by atoms with Crippen LogP contribution in [0.25, 0.3) is 5.65 Å². The summed E-state index contributed by atoms with van der Waals surface area (Å²) in [6, 6.07) is 9.86. The van der Waals surface area contributed by atoms with Crippen molar-refractivity contribution in [3.05, 3.63) is 59.8 Å². The number of fused-ring (bicyclic) bond motifs is 1. The Balaban J connectivity index is 1.27. The topological polar surface area (TPSA) is 111 Å². The molecule has 0 saturated carbocycles. The lowest BCUT2D eigenvalue weighted by Crippen LogP contribution is -2.44. The molecule has 0 spiro atoms. The van der Waals surface area contributed by atoms with Gasteiger partial charge < -0.3 is 15.1 Å². The molecule has 166 valence electrons. The van der Waals surface area contributed by atoms with Crippen molar-refractivity contribution in [1.82, 2.24) is 29.5 Å². The molecule has 4 aromatic rings. The summed E-state index contributed by atoms with van der Waals surface area (Å²) >= 11 is 6.47. The number of nitrogens with zero attached hydrogens (tertiary/aromatic N) is 9. The Labute approximate surface area is 195 Å². The van der Waals surface area contributed by atoms with Crippen molar-refractivity contribution >= 4 is 40.5 Å². The number of rotatable bonds is 5. The summed E-state index contributed by atoms with van der Waals surface area (Å²) in [4.78, 5) is 21.9. The maximum atomic E-state index is 8.96. The number of hydrogen-bond acceptors (Lipinski definition) is 9. The molecule has 1 N–H and O–H groups in total. The zero-order chi connectivity index (χ0) is 22.8. The van der Waals surface area contributed by atoms with E-state index in [0.717, 1.165) is 43.1 Å². The molecule has 0 amide bonds. The average molecular weight is 461 g/mol. The summed E-state index contributed by atoms with van der Waals surface area (Å²) in [5.41, 5.74) is 2.13. The number of piperidine rings is 1. The van der Waals surface area contributed by atoms with Crippen molar-refractivity contribution in [2.24, 2.45) is 0 Å². The van der Waals surface area contributed by atoms with E-state index >= 15 is 0 Å². The lowest BCUT2D eigenvalue weighted by molar-refractivity contribution is 0.478. The Bertz CT molecular complexity index is 1310. The van der Waals surface area contributed by atoms with Gasteiger partial charge in [0.1, 0.15) is 23.2 Å². The quantitative estimate of drug-likeness (QED) is 0.479. The van der Waals surface area contributed by atoms with E-state index in [9.17, 15) is 0 Å². The minimum Gasteiger partial charge on any atom is -0.356 e. The summed E-state index contributed by atoms with van der Waals surface area (Å²) in [6.07, 6.45) is 8.44. The number of anilines is 4. The van der Waals surface area contributed by atoms with Gasteiger partial charge >= 0.3 is 0 Å². The first-order valence-corrected chi connectivity index (χ1v) is 10.9. The Morgan fingerprint density at radius 1 is 1.12 bits per heavy atom. The van der Waals surface area contributed by atoms with Crippen molar-refractivity contribution < 1.29 is 0 Å². The molecule has 10 nitrogen and oxygen atoms in total. The Morgan fingerprint density at radius 3 is 2.73 bits per heavy atom. The molecule has 1 saturated heterocycles. The first-order chi connectivity index (χ1) is 16.1. The highest BCUT2D eigenvalue weighted by atomic mass is 35.5. The standard InChI is InChI=1S/C22H21ClN10/c1-31(17-6-8-32(9-7-17)19-4-2-15(10-24)11-25-19)21-18(23)12-26-22(30-21)29-16-3-5-20-27-14-28-33(20)13-16/h2-5,11-14,17H,6-9H2,1H3,(H,26,29,30). The molecule has 0 atom stereocenters. The van der Waals surface area contributed by atoms with Crippen LogP contribution in [0.15, 0.2) is 49.2 Å². The fraction of sp³-hybridized carbons (Fsp3) is 0.273. The highest BCUT2D eigenvalue weighted by Crippen LogP contribution is 2.29. The molecule has 0 unspecified atom stereocenters. The summed E-state index contributed by atoms with van der Waals surface area (Å²) in [6.45, 7) is 1.72. The van der Waals surface area contributed by atoms with Gasteiger partial charge in [0, 0.05) is 32.4 Å². The second-order valence-electron chi connectivity index (χ2n) is 7.82.